The fourth-order valence-electron chi connectivity index (χ4n) is 3.57. The molecule has 0 aliphatic rings. The van der Waals surface area contributed by atoms with Crippen LogP contribution in [-0.2, 0) is 0 Å². The summed E-state index contributed by atoms with van der Waals surface area (Å²) < 4.78 is 72.1. The molecule has 0 aromatic heterocycles. The standard InChI is InChI=1S/C24H44F6S2/c25-23(26,27)19-15-11-7-3-1-5-9-13-17-21-31-32-22-18-14-10-6-2-4-8-12-16-20-24(28,29)30/h1-22H2. The van der Waals surface area contributed by atoms with Gasteiger partial charge >= 0.3 is 12.4 Å². The predicted octanol–water partition coefficient (Wildman–Crippen LogP) is 11.3. The van der Waals surface area contributed by atoms with Crippen molar-refractivity contribution in [3.05, 3.63) is 0 Å². The zero-order chi connectivity index (χ0) is 24.0. The molecule has 0 radical (unpaired) electrons. The van der Waals surface area contributed by atoms with Crippen LogP contribution in [0.25, 0.3) is 0 Å². The van der Waals surface area contributed by atoms with E-state index in [-0.39, 0.29) is 12.8 Å². The smallest absolute Gasteiger partial charge is 0.171 e. The Balaban J connectivity index is 3.07. The van der Waals surface area contributed by atoms with E-state index in [2.05, 4.69) is 0 Å². The van der Waals surface area contributed by atoms with Gasteiger partial charge in [0, 0.05) is 24.3 Å². The minimum absolute atomic E-state index is 0.273. The Morgan fingerprint density at radius 2 is 0.531 bits per heavy atom. The van der Waals surface area contributed by atoms with Gasteiger partial charge in [0.2, 0.25) is 0 Å². The third kappa shape index (κ3) is 30.3. The van der Waals surface area contributed by atoms with Gasteiger partial charge in [0.1, 0.15) is 0 Å². The zero-order valence-electron chi connectivity index (χ0n) is 19.6. The SMILES string of the molecule is FC(F)(F)CCCCCCCCCCCSSCCCCCCCCCCCC(F)(F)F. The summed E-state index contributed by atoms with van der Waals surface area (Å²) in [7, 11) is 3.92. The third-order valence-electron chi connectivity index (χ3n) is 5.46. The van der Waals surface area contributed by atoms with E-state index in [1.54, 1.807) is 0 Å². The average Bonchev–Trinajstić information content (AvgIpc) is 2.69. The highest BCUT2D eigenvalue weighted by molar-refractivity contribution is 8.76. The van der Waals surface area contributed by atoms with E-state index >= 15 is 0 Å². The first-order chi connectivity index (χ1) is 15.2. The molecular weight excluding hydrogens is 466 g/mol. The van der Waals surface area contributed by atoms with E-state index < -0.39 is 25.2 Å². The summed E-state index contributed by atoms with van der Waals surface area (Å²) in [6.45, 7) is 0. The molecule has 0 bridgehead atoms. The number of hydrogen-bond donors (Lipinski definition) is 0. The molecule has 0 amide bonds. The average molecular weight is 511 g/mol. The molecule has 0 aromatic rings. The summed E-state index contributed by atoms with van der Waals surface area (Å²) in [5.74, 6) is 2.38. The van der Waals surface area contributed by atoms with Crippen LogP contribution in [0.15, 0.2) is 0 Å². The monoisotopic (exact) mass is 510 g/mol. The first-order valence-electron chi connectivity index (χ1n) is 12.6. The van der Waals surface area contributed by atoms with Crippen LogP contribution < -0.4 is 0 Å². The van der Waals surface area contributed by atoms with Crippen molar-refractivity contribution in [2.24, 2.45) is 0 Å². The van der Waals surface area contributed by atoms with E-state index in [1.807, 2.05) is 21.6 Å². The van der Waals surface area contributed by atoms with Crippen LogP contribution >= 0.6 is 21.6 Å². The van der Waals surface area contributed by atoms with Crippen molar-refractivity contribution in [1.82, 2.24) is 0 Å². The highest BCUT2D eigenvalue weighted by Crippen LogP contribution is 2.26. The van der Waals surface area contributed by atoms with Crippen LogP contribution in [-0.4, -0.2) is 23.9 Å². The van der Waals surface area contributed by atoms with Crippen LogP contribution in [0, 0.1) is 0 Å². The number of alkyl halides is 6. The second kappa shape index (κ2) is 21.8. The summed E-state index contributed by atoms with van der Waals surface area (Å²) in [5.41, 5.74) is 0. The molecule has 194 valence electrons. The first-order valence-corrected chi connectivity index (χ1v) is 15.1. The Kier molecular flexibility index (Phi) is 22.0. The minimum atomic E-state index is -4.00. The lowest BCUT2D eigenvalue weighted by atomic mass is 10.1. The van der Waals surface area contributed by atoms with E-state index in [0.717, 1.165) is 38.5 Å². The van der Waals surface area contributed by atoms with Gasteiger partial charge in [-0.1, -0.05) is 111 Å². The number of rotatable bonds is 23. The molecule has 0 N–H and O–H groups in total. The molecule has 0 aliphatic carbocycles. The first kappa shape index (κ1) is 32.3. The molecule has 0 aromatic carbocycles. The summed E-state index contributed by atoms with van der Waals surface area (Å²) in [6.07, 6.45) is 8.78. The van der Waals surface area contributed by atoms with Gasteiger partial charge in [0.05, 0.1) is 0 Å². The van der Waals surface area contributed by atoms with Gasteiger partial charge in [-0.3, -0.25) is 0 Å². The molecule has 0 atom stereocenters. The Morgan fingerprint density at radius 3 is 0.781 bits per heavy atom. The normalized spacial score (nSPS) is 12.6. The van der Waals surface area contributed by atoms with Crippen molar-refractivity contribution in [1.29, 1.82) is 0 Å². The molecule has 0 aliphatic heterocycles. The maximum absolute atomic E-state index is 12.0. The minimum Gasteiger partial charge on any atom is -0.171 e. The van der Waals surface area contributed by atoms with Crippen molar-refractivity contribution in [2.75, 3.05) is 11.5 Å². The van der Waals surface area contributed by atoms with Crippen molar-refractivity contribution in [3.63, 3.8) is 0 Å². The van der Waals surface area contributed by atoms with E-state index in [0.29, 0.717) is 12.8 Å². The second-order valence-electron chi connectivity index (χ2n) is 8.74. The lowest BCUT2D eigenvalue weighted by Gasteiger charge is -2.06. The van der Waals surface area contributed by atoms with E-state index in [9.17, 15) is 26.3 Å². The molecule has 0 heterocycles. The maximum atomic E-state index is 12.0. The van der Waals surface area contributed by atoms with Crippen molar-refractivity contribution < 1.29 is 26.3 Å². The van der Waals surface area contributed by atoms with Gasteiger partial charge < -0.3 is 0 Å². The molecule has 0 nitrogen and oxygen atoms in total. The van der Waals surface area contributed by atoms with E-state index in [1.165, 1.54) is 62.9 Å². The van der Waals surface area contributed by atoms with Crippen LogP contribution in [0.4, 0.5) is 26.3 Å². The van der Waals surface area contributed by atoms with Crippen molar-refractivity contribution >= 4 is 21.6 Å². The maximum Gasteiger partial charge on any atom is 0.389 e. The molecule has 0 fully saturated rings. The molecule has 0 saturated carbocycles. The van der Waals surface area contributed by atoms with Gasteiger partial charge in [0.25, 0.3) is 0 Å². The number of hydrogen-bond acceptors (Lipinski definition) is 2. The Hall–Kier alpha value is 0.280. The highest BCUT2D eigenvalue weighted by Gasteiger charge is 2.26. The lowest BCUT2D eigenvalue weighted by Crippen LogP contribution is -2.06. The summed E-state index contributed by atoms with van der Waals surface area (Å²) in [4.78, 5) is 0. The van der Waals surface area contributed by atoms with Crippen molar-refractivity contribution in [2.45, 2.75) is 141 Å². The summed E-state index contributed by atoms with van der Waals surface area (Å²) >= 11 is 0. The van der Waals surface area contributed by atoms with Crippen molar-refractivity contribution in [3.8, 4) is 0 Å². The van der Waals surface area contributed by atoms with E-state index in [4.69, 9.17) is 0 Å². The molecular formula is C24H44F6S2. The van der Waals surface area contributed by atoms with Crippen LogP contribution in [0.3, 0.4) is 0 Å². The molecule has 8 heteroatoms. The fraction of sp³-hybridized carbons (Fsp3) is 1.00. The summed E-state index contributed by atoms with van der Waals surface area (Å²) in [6, 6.07) is 0. The quantitative estimate of drug-likeness (QED) is 0.0761. The van der Waals surface area contributed by atoms with Gasteiger partial charge in [-0.25, -0.2) is 0 Å². The zero-order valence-corrected chi connectivity index (χ0v) is 21.3. The Labute approximate surface area is 200 Å². The van der Waals surface area contributed by atoms with Gasteiger partial charge in [0.15, 0.2) is 0 Å². The molecule has 0 unspecified atom stereocenters. The molecule has 32 heavy (non-hydrogen) atoms. The molecule has 0 rings (SSSR count). The molecule has 0 saturated heterocycles. The van der Waals surface area contributed by atoms with Crippen LogP contribution in [0.1, 0.15) is 128 Å². The van der Waals surface area contributed by atoms with Gasteiger partial charge in [-0.2, -0.15) is 26.3 Å². The third-order valence-corrected chi connectivity index (χ3v) is 8.04. The topological polar surface area (TPSA) is 0 Å². The largest absolute Gasteiger partial charge is 0.389 e. The summed E-state index contributed by atoms with van der Waals surface area (Å²) in [5, 5.41) is 0. The lowest BCUT2D eigenvalue weighted by molar-refractivity contribution is -0.136. The van der Waals surface area contributed by atoms with Gasteiger partial charge in [-0.15, -0.1) is 0 Å². The van der Waals surface area contributed by atoms with Gasteiger partial charge in [-0.05, 0) is 25.7 Å². The van der Waals surface area contributed by atoms with Crippen LogP contribution in [0.2, 0.25) is 0 Å². The Bertz CT molecular complexity index is 350. The number of unbranched alkanes of at least 4 members (excludes halogenated alkanes) is 16. The van der Waals surface area contributed by atoms with Crippen LogP contribution in [0.5, 0.6) is 0 Å². The second-order valence-corrected chi connectivity index (χ2v) is 11.4. The fourth-order valence-corrected chi connectivity index (χ4v) is 5.86. The predicted molar refractivity (Wildman–Crippen MR) is 129 cm³/mol. The highest BCUT2D eigenvalue weighted by atomic mass is 33.1. The molecule has 0 spiro atoms. The number of halogens is 6. The Morgan fingerprint density at radius 1 is 0.312 bits per heavy atom.